The molecular weight excluding hydrogens is 295 g/mol. The third kappa shape index (κ3) is 3.80. The molecule has 2 rings (SSSR count). The third-order valence-corrected chi connectivity index (χ3v) is 3.09. The summed E-state index contributed by atoms with van der Waals surface area (Å²) in [5.41, 5.74) is 0.261. The third-order valence-electron chi connectivity index (χ3n) is 2.85. The Hall–Kier alpha value is -1.91. The molecule has 2 aromatic rings. The number of methoxy groups -OCH3 is 1. The van der Waals surface area contributed by atoms with Gasteiger partial charge in [-0.05, 0) is 30.3 Å². The summed E-state index contributed by atoms with van der Waals surface area (Å²) in [4.78, 5) is 12.4. The van der Waals surface area contributed by atoms with Gasteiger partial charge in [-0.2, -0.15) is 0 Å². The molecule has 0 aliphatic rings. The highest BCUT2D eigenvalue weighted by molar-refractivity contribution is 6.30. The largest absolute Gasteiger partial charge is 0.490 e. The van der Waals surface area contributed by atoms with Crippen LogP contribution in [0.4, 0.5) is 4.39 Å². The number of carbonyl (C=O) groups excluding carboxylic acids is 1. The van der Waals surface area contributed by atoms with Gasteiger partial charge in [-0.3, -0.25) is 4.79 Å². The summed E-state index contributed by atoms with van der Waals surface area (Å²) in [6.45, 7) is 0.710. The van der Waals surface area contributed by atoms with Crippen LogP contribution < -0.4 is 4.74 Å². The first kappa shape index (κ1) is 15.5. The van der Waals surface area contributed by atoms with Crippen LogP contribution in [0.3, 0.4) is 0 Å². The van der Waals surface area contributed by atoms with Gasteiger partial charge in [0.25, 0.3) is 0 Å². The number of ketones is 1. The standard InChI is InChI=1S/C16H14ClFO3/c1-20-8-9-21-15-5-3-2-4-13(15)16(19)12-7-6-11(17)10-14(12)18/h2-7,10H,8-9H2,1H3. The molecule has 0 amide bonds. The number of halogens is 2. The monoisotopic (exact) mass is 308 g/mol. The van der Waals surface area contributed by atoms with Crippen molar-refractivity contribution >= 4 is 17.4 Å². The summed E-state index contributed by atoms with van der Waals surface area (Å²) in [7, 11) is 1.56. The minimum absolute atomic E-state index is 0.0396. The van der Waals surface area contributed by atoms with Crippen molar-refractivity contribution in [1.29, 1.82) is 0 Å². The molecule has 0 aliphatic carbocycles. The molecule has 3 nitrogen and oxygen atoms in total. The molecule has 0 N–H and O–H groups in total. The van der Waals surface area contributed by atoms with Crippen LogP contribution in [-0.2, 0) is 4.74 Å². The Morgan fingerprint density at radius 1 is 1.14 bits per heavy atom. The average molecular weight is 309 g/mol. The second kappa shape index (κ2) is 7.20. The Kier molecular flexibility index (Phi) is 5.31. The van der Waals surface area contributed by atoms with E-state index in [9.17, 15) is 9.18 Å². The molecule has 0 bridgehead atoms. The first-order valence-corrected chi connectivity index (χ1v) is 6.72. The lowest BCUT2D eigenvalue weighted by atomic mass is 10.0. The first-order chi connectivity index (χ1) is 10.1. The van der Waals surface area contributed by atoms with Crippen LogP contribution in [0.5, 0.6) is 5.75 Å². The fraction of sp³-hybridized carbons (Fsp3) is 0.188. The number of carbonyl (C=O) groups is 1. The van der Waals surface area contributed by atoms with Crippen molar-refractivity contribution in [2.24, 2.45) is 0 Å². The SMILES string of the molecule is COCCOc1ccccc1C(=O)c1ccc(Cl)cc1F. The van der Waals surface area contributed by atoms with Crippen molar-refractivity contribution in [3.63, 3.8) is 0 Å². The zero-order valence-electron chi connectivity index (χ0n) is 11.4. The summed E-state index contributed by atoms with van der Waals surface area (Å²) < 4.78 is 24.2. The molecule has 0 radical (unpaired) electrons. The van der Waals surface area contributed by atoms with Gasteiger partial charge in [-0.25, -0.2) is 4.39 Å². The summed E-state index contributed by atoms with van der Waals surface area (Å²) in [5, 5.41) is 0.244. The van der Waals surface area contributed by atoms with E-state index in [1.165, 1.54) is 12.1 Å². The van der Waals surface area contributed by atoms with Crippen LogP contribution in [0.1, 0.15) is 15.9 Å². The second-order valence-electron chi connectivity index (χ2n) is 4.29. The van der Waals surface area contributed by atoms with Gasteiger partial charge in [-0.15, -0.1) is 0 Å². The Bertz CT molecular complexity index is 643. The Morgan fingerprint density at radius 3 is 2.62 bits per heavy atom. The summed E-state index contributed by atoms with van der Waals surface area (Å²) >= 11 is 5.69. The highest BCUT2D eigenvalue weighted by atomic mass is 35.5. The molecule has 0 aliphatic heterocycles. The number of hydrogen-bond donors (Lipinski definition) is 0. The number of hydrogen-bond acceptors (Lipinski definition) is 3. The number of para-hydroxylation sites is 1. The Morgan fingerprint density at radius 2 is 1.90 bits per heavy atom. The van der Waals surface area contributed by atoms with Gasteiger partial charge in [0, 0.05) is 12.1 Å². The number of rotatable bonds is 6. The average Bonchev–Trinajstić information content (AvgIpc) is 2.47. The lowest BCUT2D eigenvalue weighted by molar-refractivity contribution is 0.102. The fourth-order valence-electron chi connectivity index (χ4n) is 1.83. The molecule has 0 unspecified atom stereocenters. The molecule has 0 fully saturated rings. The maximum Gasteiger partial charge on any atom is 0.199 e. The molecule has 0 atom stereocenters. The van der Waals surface area contributed by atoms with Crippen molar-refractivity contribution < 1.29 is 18.7 Å². The lowest BCUT2D eigenvalue weighted by Gasteiger charge is -2.11. The topological polar surface area (TPSA) is 35.5 Å². The normalized spacial score (nSPS) is 10.4. The fourth-order valence-corrected chi connectivity index (χ4v) is 1.99. The summed E-state index contributed by atoms with van der Waals surface area (Å²) in [6, 6.07) is 10.7. The van der Waals surface area contributed by atoms with Crippen molar-refractivity contribution in [1.82, 2.24) is 0 Å². The summed E-state index contributed by atoms with van der Waals surface area (Å²) in [6.07, 6.45) is 0. The van der Waals surface area contributed by atoms with E-state index < -0.39 is 11.6 Å². The molecule has 0 heterocycles. The van der Waals surface area contributed by atoms with E-state index in [0.29, 0.717) is 24.5 Å². The van der Waals surface area contributed by atoms with E-state index in [-0.39, 0.29) is 10.6 Å². The maximum atomic E-state index is 13.9. The van der Waals surface area contributed by atoms with E-state index >= 15 is 0 Å². The predicted octanol–water partition coefficient (Wildman–Crippen LogP) is 3.74. The Labute approximate surface area is 127 Å². The van der Waals surface area contributed by atoms with Gasteiger partial charge in [0.1, 0.15) is 18.2 Å². The number of benzene rings is 2. The number of ether oxygens (including phenoxy) is 2. The van der Waals surface area contributed by atoms with Crippen LogP contribution >= 0.6 is 11.6 Å². The molecule has 110 valence electrons. The molecule has 0 saturated heterocycles. The van der Waals surface area contributed by atoms with Gasteiger partial charge in [-0.1, -0.05) is 23.7 Å². The van der Waals surface area contributed by atoms with Crippen LogP contribution in [0, 0.1) is 5.82 Å². The van der Waals surface area contributed by atoms with E-state index in [1.807, 2.05) is 0 Å². The quantitative estimate of drug-likeness (QED) is 0.602. The zero-order valence-corrected chi connectivity index (χ0v) is 12.2. The van der Waals surface area contributed by atoms with E-state index in [1.54, 1.807) is 31.4 Å². The van der Waals surface area contributed by atoms with Crippen molar-refractivity contribution in [2.45, 2.75) is 0 Å². The van der Waals surface area contributed by atoms with Gasteiger partial charge >= 0.3 is 0 Å². The molecule has 5 heteroatoms. The minimum Gasteiger partial charge on any atom is -0.490 e. The second-order valence-corrected chi connectivity index (χ2v) is 4.73. The van der Waals surface area contributed by atoms with Crippen LogP contribution in [0.15, 0.2) is 42.5 Å². The van der Waals surface area contributed by atoms with Crippen molar-refractivity contribution in [3.05, 3.63) is 64.4 Å². The molecule has 2 aromatic carbocycles. The smallest absolute Gasteiger partial charge is 0.199 e. The van der Waals surface area contributed by atoms with Gasteiger partial charge in [0.15, 0.2) is 5.78 Å². The molecule has 0 aromatic heterocycles. The Balaban J connectivity index is 2.30. The van der Waals surface area contributed by atoms with Crippen LogP contribution in [0.2, 0.25) is 5.02 Å². The van der Waals surface area contributed by atoms with Gasteiger partial charge in [0.2, 0.25) is 0 Å². The molecule has 0 spiro atoms. The van der Waals surface area contributed by atoms with E-state index in [2.05, 4.69) is 0 Å². The molecular formula is C16H14ClFO3. The minimum atomic E-state index is -0.654. The zero-order chi connectivity index (χ0) is 15.2. The summed E-state index contributed by atoms with van der Waals surface area (Å²) in [5.74, 6) is -0.703. The van der Waals surface area contributed by atoms with E-state index in [4.69, 9.17) is 21.1 Å². The predicted molar refractivity (Wildman–Crippen MR) is 78.7 cm³/mol. The van der Waals surface area contributed by atoms with Crippen LogP contribution in [0.25, 0.3) is 0 Å². The maximum absolute atomic E-state index is 13.9. The van der Waals surface area contributed by atoms with Crippen LogP contribution in [-0.4, -0.2) is 26.1 Å². The van der Waals surface area contributed by atoms with Crippen molar-refractivity contribution in [3.8, 4) is 5.75 Å². The van der Waals surface area contributed by atoms with Gasteiger partial charge in [0.05, 0.1) is 17.7 Å². The molecule has 21 heavy (non-hydrogen) atoms. The van der Waals surface area contributed by atoms with Crippen molar-refractivity contribution in [2.75, 3.05) is 20.3 Å². The lowest BCUT2D eigenvalue weighted by Crippen LogP contribution is -2.10. The van der Waals surface area contributed by atoms with Gasteiger partial charge < -0.3 is 9.47 Å². The first-order valence-electron chi connectivity index (χ1n) is 6.34. The van der Waals surface area contributed by atoms with E-state index in [0.717, 1.165) is 6.07 Å². The highest BCUT2D eigenvalue weighted by Gasteiger charge is 2.18. The highest BCUT2D eigenvalue weighted by Crippen LogP contribution is 2.24. The molecule has 0 saturated carbocycles.